The lowest BCUT2D eigenvalue weighted by molar-refractivity contribution is -0.119. The Bertz CT molecular complexity index is 434. The predicted octanol–water partition coefficient (Wildman–Crippen LogP) is -0.163. The summed E-state index contributed by atoms with van der Waals surface area (Å²) in [5, 5.41) is 12.1. The van der Waals surface area contributed by atoms with Crippen molar-refractivity contribution >= 4 is 17.5 Å². The normalized spacial score (nSPS) is 20.1. The van der Waals surface area contributed by atoms with Crippen LogP contribution in [0.3, 0.4) is 0 Å². The number of rotatable bonds is 3. The minimum absolute atomic E-state index is 0.0804. The van der Waals surface area contributed by atoms with Crippen molar-refractivity contribution in [2.24, 2.45) is 11.7 Å². The molecule has 1 aromatic rings. The number of anilines is 1. The number of aromatic nitrogens is 2. The fraction of sp³-hybridized carbons (Fsp3) is 0.545. The van der Waals surface area contributed by atoms with Crippen molar-refractivity contribution in [2.45, 2.75) is 19.3 Å². The molecule has 0 bridgehead atoms. The first-order valence-electron chi connectivity index (χ1n) is 6.03. The number of carbonyl (C=O) groups excluding carboxylic acids is 2. The first-order chi connectivity index (χ1) is 8.68. The lowest BCUT2D eigenvalue weighted by atomic mass is 10.0. The van der Waals surface area contributed by atoms with E-state index in [2.05, 4.69) is 20.8 Å². The number of aromatic amines is 1. The minimum Gasteiger partial charge on any atom is -0.364 e. The Hall–Kier alpha value is -1.89. The largest absolute Gasteiger partial charge is 0.364 e. The highest BCUT2D eigenvalue weighted by molar-refractivity contribution is 6.01. The standard InChI is InChI=1S/C11H17N5O2/c12-10(17)9-8(6-14-16-9)15-11(18)7-3-1-2-4-13-5-7/h6-7,13H,1-5H2,(H2,12,17)(H,14,16)(H,15,18). The van der Waals surface area contributed by atoms with Crippen molar-refractivity contribution in [1.29, 1.82) is 0 Å². The van der Waals surface area contributed by atoms with Crippen LogP contribution < -0.4 is 16.4 Å². The molecule has 2 heterocycles. The van der Waals surface area contributed by atoms with E-state index >= 15 is 0 Å². The molecule has 0 saturated carbocycles. The van der Waals surface area contributed by atoms with Gasteiger partial charge in [0.2, 0.25) is 5.91 Å². The molecule has 0 aromatic carbocycles. The molecule has 0 aliphatic carbocycles. The summed E-state index contributed by atoms with van der Waals surface area (Å²) in [7, 11) is 0. The van der Waals surface area contributed by atoms with Crippen LogP contribution in [0.2, 0.25) is 0 Å². The average Bonchev–Trinajstić information content (AvgIpc) is 2.63. The van der Waals surface area contributed by atoms with Gasteiger partial charge in [0.05, 0.1) is 17.8 Å². The van der Waals surface area contributed by atoms with Crippen molar-refractivity contribution in [3.05, 3.63) is 11.9 Å². The molecule has 1 fully saturated rings. The number of amides is 2. The van der Waals surface area contributed by atoms with Crippen molar-refractivity contribution in [2.75, 3.05) is 18.4 Å². The van der Waals surface area contributed by atoms with E-state index < -0.39 is 5.91 Å². The number of primary amides is 1. The highest BCUT2D eigenvalue weighted by Gasteiger charge is 2.22. The molecule has 7 heteroatoms. The van der Waals surface area contributed by atoms with E-state index in [1.807, 2.05) is 0 Å². The number of hydrogen-bond acceptors (Lipinski definition) is 4. The smallest absolute Gasteiger partial charge is 0.268 e. The maximum absolute atomic E-state index is 12.0. The summed E-state index contributed by atoms with van der Waals surface area (Å²) in [6, 6.07) is 0. The predicted molar refractivity (Wildman–Crippen MR) is 65.9 cm³/mol. The van der Waals surface area contributed by atoms with Crippen molar-refractivity contribution < 1.29 is 9.59 Å². The van der Waals surface area contributed by atoms with Gasteiger partial charge in [0, 0.05) is 6.54 Å². The Morgan fingerprint density at radius 1 is 1.44 bits per heavy atom. The van der Waals surface area contributed by atoms with E-state index in [4.69, 9.17) is 5.73 Å². The summed E-state index contributed by atoms with van der Waals surface area (Å²) < 4.78 is 0. The summed E-state index contributed by atoms with van der Waals surface area (Å²) >= 11 is 0. The molecule has 1 saturated heterocycles. The fourth-order valence-corrected chi connectivity index (χ4v) is 2.05. The van der Waals surface area contributed by atoms with Gasteiger partial charge >= 0.3 is 0 Å². The maximum atomic E-state index is 12.0. The van der Waals surface area contributed by atoms with Gasteiger partial charge < -0.3 is 16.4 Å². The molecule has 1 aromatic heterocycles. The quantitative estimate of drug-likeness (QED) is 0.597. The second kappa shape index (κ2) is 5.63. The average molecular weight is 251 g/mol. The van der Waals surface area contributed by atoms with Gasteiger partial charge in [-0.1, -0.05) is 6.42 Å². The van der Waals surface area contributed by atoms with Crippen LogP contribution in [-0.2, 0) is 4.79 Å². The van der Waals surface area contributed by atoms with E-state index in [1.165, 1.54) is 6.20 Å². The molecule has 2 rings (SSSR count). The molecule has 5 N–H and O–H groups in total. The van der Waals surface area contributed by atoms with E-state index in [-0.39, 0.29) is 17.5 Å². The Balaban J connectivity index is 2.01. The molecule has 0 spiro atoms. The SMILES string of the molecule is NC(=O)c1[nH]ncc1NC(=O)C1CCCCNC1. The van der Waals surface area contributed by atoms with Gasteiger partial charge in [0.15, 0.2) is 0 Å². The van der Waals surface area contributed by atoms with Crippen LogP contribution in [0.25, 0.3) is 0 Å². The summed E-state index contributed by atoms with van der Waals surface area (Å²) in [6.07, 6.45) is 4.35. The van der Waals surface area contributed by atoms with Crippen LogP contribution >= 0.6 is 0 Å². The van der Waals surface area contributed by atoms with Crippen LogP contribution in [0.5, 0.6) is 0 Å². The molecule has 1 atom stereocenters. The fourth-order valence-electron chi connectivity index (χ4n) is 2.05. The third-order valence-corrected chi connectivity index (χ3v) is 3.06. The molecule has 7 nitrogen and oxygen atoms in total. The van der Waals surface area contributed by atoms with Gasteiger partial charge in [-0.05, 0) is 19.4 Å². The molecule has 1 aliphatic heterocycles. The maximum Gasteiger partial charge on any atom is 0.268 e. The molecular weight excluding hydrogens is 234 g/mol. The zero-order chi connectivity index (χ0) is 13.0. The number of carbonyl (C=O) groups is 2. The highest BCUT2D eigenvalue weighted by Crippen LogP contribution is 2.16. The van der Waals surface area contributed by atoms with Gasteiger partial charge in [0.1, 0.15) is 5.69 Å². The third kappa shape index (κ3) is 2.86. The zero-order valence-corrected chi connectivity index (χ0v) is 10.0. The number of nitrogens with one attached hydrogen (secondary N) is 3. The monoisotopic (exact) mass is 251 g/mol. The lowest BCUT2D eigenvalue weighted by Crippen LogP contribution is -2.31. The highest BCUT2D eigenvalue weighted by atomic mass is 16.2. The van der Waals surface area contributed by atoms with Gasteiger partial charge in [0.25, 0.3) is 5.91 Å². The second-order valence-electron chi connectivity index (χ2n) is 4.41. The van der Waals surface area contributed by atoms with Gasteiger partial charge in [-0.25, -0.2) is 0 Å². The van der Waals surface area contributed by atoms with Gasteiger partial charge in [-0.3, -0.25) is 14.7 Å². The molecular formula is C11H17N5O2. The van der Waals surface area contributed by atoms with Gasteiger partial charge in [-0.2, -0.15) is 5.10 Å². The number of nitrogens with two attached hydrogens (primary N) is 1. The Labute approximate surface area is 105 Å². The minimum atomic E-state index is -0.637. The van der Waals surface area contributed by atoms with Crippen molar-refractivity contribution in [1.82, 2.24) is 15.5 Å². The third-order valence-electron chi connectivity index (χ3n) is 3.06. The summed E-state index contributed by atoms with van der Waals surface area (Å²) in [6.45, 7) is 1.61. The van der Waals surface area contributed by atoms with E-state index in [0.717, 1.165) is 25.8 Å². The van der Waals surface area contributed by atoms with E-state index in [9.17, 15) is 9.59 Å². The molecule has 18 heavy (non-hydrogen) atoms. The second-order valence-corrected chi connectivity index (χ2v) is 4.41. The van der Waals surface area contributed by atoms with E-state index in [1.54, 1.807) is 0 Å². The van der Waals surface area contributed by atoms with Crippen LogP contribution in [-0.4, -0.2) is 35.1 Å². The summed E-state index contributed by atoms with van der Waals surface area (Å²) in [5.74, 6) is -0.821. The van der Waals surface area contributed by atoms with Crippen LogP contribution in [0.4, 0.5) is 5.69 Å². The first kappa shape index (κ1) is 12.6. The Kier molecular flexibility index (Phi) is 3.93. The summed E-state index contributed by atoms with van der Waals surface area (Å²) in [5.41, 5.74) is 5.64. The lowest BCUT2D eigenvalue weighted by Gasteiger charge is -2.13. The Morgan fingerprint density at radius 3 is 3.06 bits per heavy atom. The van der Waals surface area contributed by atoms with Crippen LogP contribution in [0, 0.1) is 5.92 Å². The molecule has 0 radical (unpaired) electrons. The van der Waals surface area contributed by atoms with Gasteiger partial charge in [-0.15, -0.1) is 0 Å². The molecule has 1 aliphatic rings. The van der Waals surface area contributed by atoms with Crippen molar-refractivity contribution in [3.8, 4) is 0 Å². The van der Waals surface area contributed by atoms with E-state index in [0.29, 0.717) is 12.2 Å². The summed E-state index contributed by atoms with van der Waals surface area (Å²) in [4.78, 5) is 23.1. The van der Waals surface area contributed by atoms with Crippen LogP contribution in [0.15, 0.2) is 6.20 Å². The number of nitrogens with zero attached hydrogens (tertiary/aromatic N) is 1. The molecule has 1 unspecified atom stereocenters. The molecule has 2 amide bonds. The number of H-pyrrole nitrogens is 1. The van der Waals surface area contributed by atoms with Crippen LogP contribution in [0.1, 0.15) is 29.8 Å². The Morgan fingerprint density at radius 2 is 2.28 bits per heavy atom. The topological polar surface area (TPSA) is 113 Å². The zero-order valence-electron chi connectivity index (χ0n) is 10.0. The van der Waals surface area contributed by atoms with Crippen molar-refractivity contribution in [3.63, 3.8) is 0 Å². The number of hydrogen-bond donors (Lipinski definition) is 4. The first-order valence-corrected chi connectivity index (χ1v) is 6.03. The molecule has 98 valence electrons.